The van der Waals surface area contributed by atoms with E-state index >= 15 is 0 Å². The van der Waals surface area contributed by atoms with Gasteiger partial charge in [-0.25, -0.2) is 14.0 Å². The van der Waals surface area contributed by atoms with Crippen LogP contribution in [-0.2, 0) is 30.3 Å². The molecular formula is C108H86F12O18S2. The van der Waals surface area contributed by atoms with E-state index in [4.69, 9.17) is 33.7 Å². The minimum atomic E-state index is -5.84. The van der Waals surface area contributed by atoms with Crippen LogP contribution in [0.3, 0.4) is 0 Å². The van der Waals surface area contributed by atoms with E-state index in [1.54, 1.807) is 160 Å². The Hall–Kier alpha value is -14.5. The van der Waals surface area contributed by atoms with Gasteiger partial charge in [0.1, 0.15) is 73.9 Å². The third kappa shape index (κ3) is 20.1. The second kappa shape index (κ2) is 39.8. The molecule has 32 heteroatoms. The largest absolute Gasteiger partial charge is 0.497 e. The van der Waals surface area contributed by atoms with E-state index in [1.807, 2.05) is 111 Å². The van der Waals surface area contributed by atoms with Gasteiger partial charge < -0.3 is 37.9 Å². The Morgan fingerprint density at radius 2 is 0.607 bits per heavy atom. The number of hydrogen-bond donors (Lipinski definition) is 2. The van der Waals surface area contributed by atoms with Crippen LogP contribution in [0.5, 0.6) is 69.0 Å². The molecule has 722 valence electrons. The Balaban J connectivity index is 0.000000167. The topological polar surface area (TPSA) is 235 Å². The van der Waals surface area contributed by atoms with Crippen LogP contribution in [0.4, 0.5) is 52.7 Å². The molecule has 0 bridgehead atoms. The number of ketones is 4. The van der Waals surface area contributed by atoms with Gasteiger partial charge >= 0.3 is 35.4 Å². The van der Waals surface area contributed by atoms with Crippen molar-refractivity contribution in [3.63, 3.8) is 0 Å². The average Bonchev–Trinajstić information content (AvgIpc) is 0.663. The van der Waals surface area contributed by atoms with Crippen LogP contribution >= 0.6 is 12.0 Å². The number of methoxy groups -OCH3 is 2. The van der Waals surface area contributed by atoms with Crippen molar-refractivity contribution < 1.29 is 137 Å². The molecule has 2 fully saturated rings. The number of aryl methyl sites for hydroxylation is 2. The number of hydrogen-bond acceptors (Lipinski definition) is 18. The molecule has 2 aliphatic rings. The zero-order valence-electron chi connectivity index (χ0n) is 76.0. The monoisotopic (exact) mass is 1960 g/mol. The smallest absolute Gasteiger partial charge is 0.385 e. The van der Waals surface area contributed by atoms with Crippen molar-refractivity contribution in [2.75, 3.05) is 14.2 Å². The lowest BCUT2D eigenvalue weighted by Crippen LogP contribution is -2.86. The van der Waals surface area contributed by atoms with Crippen molar-refractivity contribution in [1.29, 1.82) is 0 Å². The van der Waals surface area contributed by atoms with Crippen molar-refractivity contribution >= 4 is 45.3 Å². The van der Waals surface area contributed by atoms with Crippen molar-refractivity contribution in [3.05, 3.63) is 405 Å². The van der Waals surface area contributed by atoms with Crippen molar-refractivity contribution in [1.82, 2.24) is 0 Å². The molecule has 14 aromatic carbocycles. The summed E-state index contributed by atoms with van der Waals surface area (Å²) in [6.45, 7) is 12.2. The van der Waals surface area contributed by atoms with Gasteiger partial charge in [0, 0.05) is 55.3 Å². The second-order valence-electron chi connectivity index (χ2n) is 34.1. The number of alkyl halides is 12. The lowest BCUT2D eigenvalue weighted by atomic mass is 9.69. The van der Waals surface area contributed by atoms with Crippen LogP contribution in [0, 0.1) is 13.8 Å². The fourth-order valence-electron chi connectivity index (χ4n) is 15.4. The van der Waals surface area contributed by atoms with E-state index in [0.717, 1.165) is 45.3 Å². The SMILES string of the molecule is CC1(F)C(F)(F)C(F)(Oc2ccc(-c3ccc(OC4(F)C(C)(F)C(F)(F)C4(F)F)c(S(=O)(=O)O)c3)cc2SOOO)C1(F)F.COc1ccc(C(C)(C)c2ccc(Oc3ccc(C(=O)c4cccc(C(=O)c5ccc(Oc6cccc(C)c6)cc5)c4)cc3)cc2)cc1.COc1ccc(C(C)(C)c2ccc(Oc3ccc(C(=O)c4cccc(C(=O)c5ccc(Oc6cccc(C)c6)cc5)c4)cc3)cc2)cc1. The van der Waals surface area contributed by atoms with Crippen LogP contribution in [-0.4, -0.2) is 102 Å². The molecular weight excluding hydrogens is 1880 g/mol. The van der Waals surface area contributed by atoms with Gasteiger partial charge in [-0.1, -0.05) is 154 Å². The number of benzene rings is 14. The molecule has 16 rings (SSSR count). The van der Waals surface area contributed by atoms with Gasteiger partial charge in [-0.15, -0.1) is 4.33 Å². The standard InChI is InChI=1S/2C43H36O5.C22H14F12O8S2/c2*1-29-7-5-10-40(27-29)48-38-21-13-31(14-22-38)42(45)33-9-6-8-32(28-33)41(44)30-11-19-37(20-12-30)47-39-25-17-35(18-26-39)43(2,3)34-15-23-36(46-4)24-16-34;1-15(23)18(27,28)22(34,19(15,29)30)39-11-5-3-9(7-13(11)43-42-41-35)10-4-6-12(14(8-10)44(36,37)38)40-21(33)16(2,24)17(25,26)20(21,31)32/h2*5-28H,1-4H3;3-8,35H,1-2H3,(H,36,37,38). The summed E-state index contributed by atoms with van der Waals surface area (Å²) in [5.41, 5.74) is -0.0000715. The Kier molecular flexibility index (Phi) is 28.8. The van der Waals surface area contributed by atoms with E-state index in [0.29, 0.717) is 115 Å². The summed E-state index contributed by atoms with van der Waals surface area (Å²) in [5.74, 6) is -29.2. The lowest BCUT2D eigenvalue weighted by Gasteiger charge is -2.55. The summed E-state index contributed by atoms with van der Waals surface area (Å²) in [4.78, 5) is 50.9. The molecule has 2 saturated carbocycles. The van der Waals surface area contributed by atoms with Gasteiger partial charge in [0.25, 0.3) is 15.8 Å². The normalized spacial score (nSPS) is 18.0. The minimum absolute atomic E-state index is 0.172. The predicted octanol–water partition coefficient (Wildman–Crippen LogP) is 27.9. The predicted molar refractivity (Wildman–Crippen MR) is 498 cm³/mol. The van der Waals surface area contributed by atoms with E-state index < -0.39 is 83.7 Å². The molecule has 2 unspecified atom stereocenters. The second-order valence-corrected chi connectivity index (χ2v) is 36.2. The number of rotatable bonds is 31. The van der Waals surface area contributed by atoms with E-state index in [1.165, 1.54) is 11.1 Å². The highest BCUT2D eigenvalue weighted by atomic mass is 32.2. The fourth-order valence-corrected chi connectivity index (χ4v) is 16.5. The van der Waals surface area contributed by atoms with Crippen LogP contribution in [0.1, 0.15) is 139 Å². The fraction of sp³-hybridized carbons (Fsp3) is 0.185. The summed E-state index contributed by atoms with van der Waals surface area (Å²) < 4.78 is 249. The van der Waals surface area contributed by atoms with Gasteiger partial charge in [-0.2, -0.15) is 52.3 Å². The first-order chi connectivity index (χ1) is 66.1. The molecule has 14 aromatic rings. The summed E-state index contributed by atoms with van der Waals surface area (Å²) in [5, 5.41) is 11.7. The van der Waals surface area contributed by atoms with E-state index in [2.05, 4.69) is 95.1 Å². The summed E-state index contributed by atoms with van der Waals surface area (Å²) in [7, 11) is -2.29. The molecule has 0 aromatic heterocycles. The van der Waals surface area contributed by atoms with E-state index in [9.17, 15) is 84.8 Å². The highest BCUT2D eigenvalue weighted by molar-refractivity contribution is 7.94. The van der Waals surface area contributed by atoms with Crippen LogP contribution in [0.25, 0.3) is 11.1 Å². The van der Waals surface area contributed by atoms with Crippen LogP contribution < -0.4 is 37.9 Å². The number of carbonyl (C=O) groups excluding carboxylic acids is 4. The summed E-state index contributed by atoms with van der Waals surface area (Å²) in [6.07, 6.45) is 0. The number of ether oxygens (including phenoxy) is 8. The lowest BCUT2D eigenvalue weighted by molar-refractivity contribution is -0.481. The first-order valence-electron chi connectivity index (χ1n) is 42.8. The third-order valence-electron chi connectivity index (χ3n) is 24.1. The highest BCUT2D eigenvalue weighted by Crippen LogP contribution is 2.70. The zero-order valence-corrected chi connectivity index (χ0v) is 77.6. The number of halogens is 12. The first-order valence-corrected chi connectivity index (χ1v) is 45.0. The van der Waals surface area contributed by atoms with Gasteiger partial charge in [-0.3, -0.25) is 23.7 Å². The third-order valence-corrected chi connectivity index (χ3v) is 25.6. The van der Waals surface area contributed by atoms with Crippen LogP contribution in [0.15, 0.2) is 337 Å². The average molecular weight is 1960 g/mol. The molecule has 2 atom stereocenters. The molecule has 0 radical (unpaired) electrons. The number of carbonyl (C=O) groups is 4. The molecule has 0 amide bonds. The quantitative estimate of drug-likeness (QED) is 0.0103. The maximum absolute atomic E-state index is 14.8. The van der Waals surface area contributed by atoms with Crippen molar-refractivity contribution in [3.8, 4) is 80.1 Å². The van der Waals surface area contributed by atoms with E-state index in [-0.39, 0.29) is 65.4 Å². The van der Waals surface area contributed by atoms with Crippen molar-refractivity contribution in [2.45, 2.75) is 123 Å². The highest BCUT2D eigenvalue weighted by Gasteiger charge is 3.00. The molecule has 140 heavy (non-hydrogen) atoms. The Bertz CT molecular complexity index is 6690. The Morgan fingerprint density at radius 1 is 0.314 bits per heavy atom. The minimum Gasteiger partial charge on any atom is -0.497 e. The summed E-state index contributed by atoms with van der Waals surface area (Å²) in [6, 6.07) is 92.7. The molecule has 2 N–H and O–H groups in total. The first kappa shape index (κ1) is 101. The molecule has 0 spiro atoms. The van der Waals surface area contributed by atoms with Crippen LogP contribution in [0.2, 0.25) is 0 Å². The molecule has 0 aliphatic heterocycles. The van der Waals surface area contributed by atoms with Gasteiger partial charge in [0.05, 0.1) is 31.2 Å². The molecule has 0 heterocycles. The Labute approximate surface area is 800 Å². The molecule has 0 saturated heterocycles. The summed E-state index contributed by atoms with van der Waals surface area (Å²) >= 11 is -0.223. The van der Waals surface area contributed by atoms with Gasteiger partial charge in [0.2, 0.25) is 5.67 Å². The maximum Gasteiger partial charge on any atom is 0.385 e. The maximum atomic E-state index is 14.8. The van der Waals surface area contributed by atoms with Gasteiger partial charge in [0.15, 0.2) is 23.1 Å². The van der Waals surface area contributed by atoms with Crippen molar-refractivity contribution in [2.24, 2.45) is 0 Å². The Morgan fingerprint density at radius 3 is 0.914 bits per heavy atom. The zero-order chi connectivity index (χ0) is 101. The van der Waals surface area contributed by atoms with Gasteiger partial charge in [-0.05, 0) is 278 Å². The molecule has 2 aliphatic carbocycles. The molecule has 18 nitrogen and oxygen atoms in total.